The fourth-order valence-corrected chi connectivity index (χ4v) is 3.16. The highest BCUT2D eigenvalue weighted by molar-refractivity contribution is 7.17. The molecule has 1 N–H and O–H groups in total. The van der Waals surface area contributed by atoms with Gasteiger partial charge in [-0.05, 0) is 25.0 Å². The van der Waals surface area contributed by atoms with E-state index in [4.69, 9.17) is 9.47 Å². The Labute approximate surface area is 148 Å². The fraction of sp³-hybridized carbons (Fsp3) is 0.353. The molecule has 7 nitrogen and oxygen atoms in total. The van der Waals surface area contributed by atoms with Gasteiger partial charge < -0.3 is 14.2 Å². The number of esters is 1. The van der Waals surface area contributed by atoms with E-state index in [9.17, 15) is 9.59 Å². The molecular formula is C17H18N2O5S. The summed E-state index contributed by atoms with van der Waals surface area (Å²) in [5.74, 6) is -0.354. The number of carbonyl (C=O) groups is 2. The van der Waals surface area contributed by atoms with Gasteiger partial charge in [-0.2, -0.15) is 0 Å². The Balaban J connectivity index is 1.67. The lowest BCUT2D eigenvalue weighted by atomic mass is 10.2. The number of para-hydroxylation sites is 1. The second kappa shape index (κ2) is 8.09. The molecule has 1 atom stereocenters. The summed E-state index contributed by atoms with van der Waals surface area (Å²) in [5.41, 5.74) is 0.398. The van der Waals surface area contributed by atoms with Crippen molar-refractivity contribution in [3.05, 3.63) is 40.9 Å². The summed E-state index contributed by atoms with van der Waals surface area (Å²) in [4.78, 5) is 28.3. The number of aromatic nitrogens is 1. The average molecular weight is 362 g/mol. The van der Waals surface area contributed by atoms with E-state index in [-0.39, 0.29) is 12.0 Å². The molecule has 0 radical (unpaired) electrons. The lowest BCUT2D eigenvalue weighted by Gasteiger charge is -2.14. The maximum absolute atomic E-state index is 12.5. The quantitative estimate of drug-likeness (QED) is 0.795. The Kier molecular flexibility index (Phi) is 5.62. The molecule has 1 unspecified atom stereocenters. The molecule has 25 heavy (non-hydrogen) atoms. The van der Waals surface area contributed by atoms with E-state index >= 15 is 0 Å². The van der Waals surface area contributed by atoms with Crippen molar-refractivity contribution in [1.82, 2.24) is 4.98 Å². The smallest absolute Gasteiger partial charge is 0.349 e. The van der Waals surface area contributed by atoms with Gasteiger partial charge in [0.2, 0.25) is 0 Å². The lowest BCUT2D eigenvalue weighted by Crippen LogP contribution is -2.19. The predicted molar refractivity (Wildman–Crippen MR) is 92.3 cm³/mol. The second-order valence-electron chi connectivity index (χ2n) is 5.42. The van der Waals surface area contributed by atoms with Gasteiger partial charge in [0.1, 0.15) is 17.2 Å². The molecule has 1 aromatic heterocycles. The van der Waals surface area contributed by atoms with Crippen LogP contribution in [0.4, 0.5) is 5.13 Å². The molecule has 0 aliphatic carbocycles. The maximum Gasteiger partial charge on any atom is 0.349 e. The minimum absolute atomic E-state index is 0.0673. The first-order valence-electron chi connectivity index (χ1n) is 7.86. The highest BCUT2D eigenvalue weighted by Gasteiger charge is 2.19. The summed E-state index contributed by atoms with van der Waals surface area (Å²) >= 11 is 1.05. The van der Waals surface area contributed by atoms with E-state index < -0.39 is 5.97 Å². The normalized spacial score (nSPS) is 16.4. The number of thiazole rings is 1. The molecule has 0 spiro atoms. The summed E-state index contributed by atoms with van der Waals surface area (Å²) in [7, 11) is 1.29. The number of nitrogens with one attached hydrogen (secondary N) is 1. The zero-order valence-corrected chi connectivity index (χ0v) is 14.5. The topological polar surface area (TPSA) is 86.8 Å². The van der Waals surface area contributed by atoms with Gasteiger partial charge in [0.05, 0.1) is 25.0 Å². The number of carbonyl (C=O) groups excluding carboxylic acids is 2. The Bertz CT molecular complexity index is 755. The molecule has 8 heteroatoms. The number of benzene rings is 1. The fourth-order valence-electron chi connectivity index (χ4n) is 2.43. The molecule has 1 amide bonds. The van der Waals surface area contributed by atoms with Gasteiger partial charge in [0.15, 0.2) is 5.13 Å². The molecule has 3 rings (SSSR count). The number of amides is 1. The minimum Gasteiger partial charge on any atom is -0.490 e. The van der Waals surface area contributed by atoms with Crippen LogP contribution in [0.1, 0.15) is 32.9 Å². The van der Waals surface area contributed by atoms with Crippen molar-refractivity contribution in [2.75, 3.05) is 25.6 Å². The summed E-state index contributed by atoms with van der Waals surface area (Å²) in [6.45, 7) is 1.16. The molecule has 1 fully saturated rings. The van der Waals surface area contributed by atoms with E-state index in [0.29, 0.717) is 27.9 Å². The Morgan fingerprint density at radius 2 is 2.24 bits per heavy atom. The number of hydrogen-bond donors (Lipinski definition) is 1. The first kappa shape index (κ1) is 17.4. The van der Waals surface area contributed by atoms with E-state index in [0.717, 1.165) is 30.8 Å². The van der Waals surface area contributed by atoms with Gasteiger partial charge in [0.25, 0.3) is 5.91 Å². The first-order chi connectivity index (χ1) is 12.2. The average Bonchev–Trinajstić information content (AvgIpc) is 3.31. The van der Waals surface area contributed by atoms with Crippen LogP contribution in [-0.2, 0) is 9.47 Å². The predicted octanol–water partition coefficient (Wildman–Crippen LogP) is 2.74. The molecule has 1 aromatic carbocycles. The van der Waals surface area contributed by atoms with Crippen LogP contribution in [0.15, 0.2) is 30.5 Å². The summed E-state index contributed by atoms with van der Waals surface area (Å²) in [5, 5.41) is 2.99. The number of hydrogen-bond acceptors (Lipinski definition) is 7. The Morgan fingerprint density at radius 3 is 3.00 bits per heavy atom. The van der Waals surface area contributed by atoms with Crippen molar-refractivity contribution in [3.63, 3.8) is 0 Å². The highest BCUT2D eigenvalue weighted by Crippen LogP contribution is 2.24. The maximum atomic E-state index is 12.5. The summed E-state index contributed by atoms with van der Waals surface area (Å²) < 4.78 is 15.9. The molecule has 2 aromatic rings. The van der Waals surface area contributed by atoms with Gasteiger partial charge in [-0.25, -0.2) is 9.78 Å². The van der Waals surface area contributed by atoms with E-state index in [1.54, 1.807) is 24.3 Å². The van der Waals surface area contributed by atoms with E-state index in [2.05, 4.69) is 15.0 Å². The zero-order valence-electron chi connectivity index (χ0n) is 13.7. The Morgan fingerprint density at radius 1 is 1.40 bits per heavy atom. The van der Waals surface area contributed by atoms with Gasteiger partial charge in [-0.1, -0.05) is 23.5 Å². The van der Waals surface area contributed by atoms with Gasteiger partial charge >= 0.3 is 5.97 Å². The minimum atomic E-state index is -0.488. The van der Waals surface area contributed by atoms with Crippen molar-refractivity contribution < 1.29 is 23.8 Å². The summed E-state index contributed by atoms with van der Waals surface area (Å²) in [6.07, 6.45) is 3.43. The second-order valence-corrected chi connectivity index (χ2v) is 6.45. The largest absolute Gasteiger partial charge is 0.490 e. The number of methoxy groups -OCH3 is 1. The molecule has 1 aliphatic heterocycles. The van der Waals surface area contributed by atoms with Crippen molar-refractivity contribution in [2.24, 2.45) is 0 Å². The molecule has 2 heterocycles. The molecule has 132 valence electrons. The molecule has 1 aliphatic rings. The van der Waals surface area contributed by atoms with E-state index in [1.807, 2.05) is 0 Å². The third kappa shape index (κ3) is 4.34. The van der Waals surface area contributed by atoms with Crippen LogP contribution in [0.5, 0.6) is 5.75 Å². The van der Waals surface area contributed by atoms with Crippen LogP contribution < -0.4 is 10.1 Å². The van der Waals surface area contributed by atoms with Crippen molar-refractivity contribution >= 4 is 28.3 Å². The molecule has 0 bridgehead atoms. The molecular weight excluding hydrogens is 344 g/mol. The monoisotopic (exact) mass is 362 g/mol. The van der Waals surface area contributed by atoms with Gasteiger partial charge in [-0.3, -0.25) is 10.1 Å². The Hall–Kier alpha value is -2.45. The van der Waals surface area contributed by atoms with Gasteiger partial charge in [-0.15, -0.1) is 0 Å². The number of rotatable bonds is 6. The molecule has 1 saturated heterocycles. The van der Waals surface area contributed by atoms with Crippen LogP contribution in [0.25, 0.3) is 0 Å². The van der Waals surface area contributed by atoms with Crippen LogP contribution in [0.3, 0.4) is 0 Å². The summed E-state index contributed by atoms with van der Waals surface area (Å²) in [6, 6.07) is 6.98. The van der Waals surface area contributed by atoms with Crippen molar-refractivity contribution in [2.45, 2.75) is 18.9 Å². The van der Waals surface area contributed by atoms with Crippen molar-refractivity contribution in [1.29, 1.82) is 0 Å². The standard InChI is InChI=1S/C17H18N2O5S/c1-22-16(21)14-9-18-17(25-14)19-15(20)12-6-2-3-7-13(12)24-10-11-5-4-8-23-11/h2-3,6-7,9,11H,4-5,8,10H2,1H3,(H,18,19,20). The highest BCUT2D eigenvalue weighted by atomic mass is 32.1. The van der Waals surface area contributed by atoms with Crippen molar-refractivity contribution in [3.8, 4) is 5.75 Å². The van der Waals surface area contributed by atoms with Gasteiger partial charge in [0, 0.05) is 6.61 Å². The third-order valence-electron chi connectivity index (χ3n) is 3.69. The first-order valence-corrected chi connectivity index (χ1v) is 8.68. The SMILES string of the molecule is COC(=O)c1cnc(NC(=O)c2ccccc2OCC2CCCO2)s1. The third-order valence-corrected chi connectivity index (χ3v) is 4.59. The lowest BCUT2D eigenvalue weighted by molar-refractivity contribution is 0.0606. The van der Waals surface area contributed by atoms with Crippen LogP contribution in [0, 0.1) is 0 Å². The number of ether oxygens (including phenoxy) is 3. The van der Waals surface area contributed by atoms with Crippen LogP contribution in [-0.4, -0.2) is 43.3 Å². The number of nitrogens with zero attached hydrogens (tertiary/aromatic N) is 1. The van der Waals surface area contributed by atoms with Crippen LogP contribution >= 0.6 is 11.3 Å². The zero-order chi connectivity index (χ0) is 17.6. The number of anilines is 1. The van der Waals surface area contributed by atoms with Crippen LogP contribution in [0.2, 0.25) is 0 Å². The molecule has 0 saturated carbocycles. The van der Waals surface area contributed by atoms with E-state index in [1.165, 1.54) is 13.3 Å².